The average molecular weight is 264 g/mol. The van der Waals surface area contributed by atoms with Gasteiger partial charge in [-0.2, -0.15) is 0 Å². The van der Waals surface area contributed by atoms with Crippen molar-refractivity contribution in [3.05, 3.63) is 72.1 Å². The van der Waals surface area contributed by atoms with E-state index in [9.17, 15) is 5.11 Å². The quantitative estimate of drug-likeness (QED) is 0.784. The third-order valence-corrected chi connectivity index (χ3v) is 3.36. The Labute approximate surface area is 118 Å². The smallest absolute Gasteiger partial charge is 0.140 e. The molecule has 100 valence electrons. The molecule has 3 aromatic rings. The summed E-state index contributed by atoms with van der Waals surface area (Å²) >= 11 is 0. The summed E-state index contributed by atoms with van der Waals surface area (Å²) in [5.41, 5.74) is 3.39. The van der Waals surface area contributed by atoms with Gasteiger partial charge in [0.25, 0.3) is 0 Å². The Morgan fingerprint density at radius 3 is 2.75 bits per heavy atom. The highest BCUT2D eigenvalue weighted by Crippen LogP contribution is 2.22. The monoisotopic (exact) mass is 264 g/mol. The summed E-state index contributed by atoms with van der Waals surface area (Å²) < 4.78 is 2.09. The number of rotatable bonds is 3. The van der Waals surface area contributed by atoms with E-state index < -0.39 is 0 Å². The number of hydrogen-bond acceptors (Lipinski definition) is 2. The van der Waals surface area contributed by atoms with Gasteiger partial charge in [-0.15, -0.1) is 0 Å². The maximum Gasteiger partial charge on any atom is 0.140 e. The normalized spacial score (nSPS) is 10.7. The topological polar surface area (TPSA) is 38.0 Å². The molecule has 1 N–H and O–H groups in total. The summed E-state index contributed by atoms with van der Waals surface area (Å²) in [5, 5.41) is 9.55. The van der Waals surface area contributed by atoms with Crippen LogP contribution in [0.3, 0.4) is 0 Å². The van der Waals surface area contributed by atoms with Gasteiger partial charge >= 0.3 is 0 Å². The van der Waals surface area contributed by atoms with Crippen LogP contribution >= 0.6 is 0 Å². The van der Waals surface area contributed by atoms with Gasteiger partial charge in [0.2, 0.25) is 0 Å². The molecule has 0 saturated heterocycles. The lowest BCUT2D eigenvalue weighted by Crippen LogP contribution is -2.01. The molecule has 0 fully saturated rings. The summed E-state index contributed by atoms with van der Waals surface area (Å²) in [5.74, 6) is 1.24. The molecule has 0 spiro atoms. The molecule has 0 saturated carbocycles. The Kier molecular flexibility index (Phi) is 3.25. The number of imidazole rings is 1. The molecule has 0 unspecified atom stereocenters. The Hall–Kier alpha value is -2.55. The molecule has 0 aliphatic rings. The molecule has 3 nitrogen and oxygen atoms in total. The van der Waals surface area contributed by atoms with Crippen LogP contribution in [0.4, 0.5) is 0 Å². The Morgan fingerprint density at radius 1 is 1.10 bits per heavy atom. The third-order valence-electron chi connectivity index (χ3n) is 3.36. The maximum absolute atomic E-state index is 9.55. The van der Waals surface area contributed by atoms with E-state index in [0.29, 0.717) is 12.3 Å². The van der Waals surface area contributed by atoms with Crippen molar-refractivity contribution in [1.82, 2.24) is 9.55 Å². The van der Waals surface area contributed by atoms with Gasteiger partial charge in [-0.25, -0.2) is 4.98 Å². The number of hydrogen-bond donors (Lipinski definition) is 1. The fraction of sp³-hybridized carbons (Fsp3) is 0.118. The molecule has 1 aromatic heterocycles. The van der Waals surface area contributed by atoms with Crippen LogP contribution in [-0.4, -0.2) is 14.7 Å². The van der Waals surface area contributed by atoms with E-state index in [1.54, 1.807) is 12.1 Å². The Morgan fingerprint density at radius 2 is 1.95 bits per heavy atom. The second-order valence-corrected chi connectivity index (χ2v) is 4.86. The maximum atomic E-state index is 9.55. The molecule has 0 amide bonds. The number of aryl methyl sites for hydroxylation is 1. The zero-order valence-electron chi connectivity index (χ0n) is 11.3. The summed E-state index contributed by atoms with van der Waals surface area (Å²) in [7, 11) is 0. The zero-order chi connectivity index (χ0) is 13.9. The van der Waals surface area contributed by atoms with Crippen LogP contribution in [0.2, 0.25) is 0 Å². The van der Waals surface area contributed by atoms with E-state index >= 15 is 0 Å². The first-order valence-corrected chi connectivity index (χ1v) is 6.59. The lowest BCUT2D eigenvalue weighted by atomic mass is 10.1. The first-order chi connectivity index (χ1) is 9.74. The molecular formula is C17H16N2O. The van der Waals surface area contributed by atoms with Crippen molar-refractivity contribution in [3.8, 4) is 17.1 Å². The van der Waals surface area contributed by atoms with Crippen molar-refractivity contribution in [2.75, 3.05) is 0 Å². The van der Waals surface area contributed by atoms with Gasteiger partial charge in [0.05, 0.1) is 0 Å². The Bertz CT molecular complexity index is 731. The molecular weight excluding hydrogens is 248 g/mol. The molecule has 0 bridgehead atoms. The van der Waals surface area contributed by atoms with E-state index in [1.807, 2.05) is 36.7 Å². The molecule has 1 heterocycles. The average Bonchev–Trinajstić information content (AvgIpc) is 2.87. The van der Waals surface area contributed by atoms with Gasteiger partial charge in [-0.3, -0.25) is 0 Å². The molecule has 0 aliphatic carbocycles. The highest BCUT2D eigenvalue weighted by Gasteiger charge is 2.08. The van der Waals surface area contributed by atoms with Crippen LogP contribution in [0, 0.1) is 6.92 Å². The third kappa shape index (κ3) is 2.43. The standard InChI is InChI=1S/C17H16N2O/c1-13-5-2-3-8-16(13)17-18-9-10-19(17)12-14-6-4-7-15(20)11-14/h2-11,20H,12H2,1H3. The molecule has 20 heavy (non-hydrogen) atoms. The second-order valence-electron chi connectivity index (χ2n) is 4.86. The van der Waals surface area contributed by atoms with Crippen LogP contribution in [0.25, 0.3) is 11.4 Å². The van der Waals surface area contributed by atoms with Gasteiger partial charge in [0.15, 0.2) is 0 Å². The number of aromatic nitrogens is 2. The van der Waals surface area contributed by atoms with E-state index in [2.05, 4.69) is 28.6 Å². The van der Waals surface area contributed by atoms with Crippen LogP contribution in [0.5, 0.6) is 5.75 Å². The van der Waals surface area contributed by atoms with E-state index in [-0.39, 0.29) is 0 Å². The lowest BCUT2D eigenvalue weighted by Gasteiger charge is -2.10. The van der Waals surface area contributed by atoms with Crippen molar-refractivity contribution >= 4 is 0 Å². The van der Waals surface area contributed by atoms with Crippen molar-refractivity contribution in [3.63, 3.8) is 0 Å². The first-order valence-electron chi connectivity index (χ1n) is 6.59. The Balaban J connectivity index is 1.97. The van der Waals surface area contributed by atoms with Crippen molar-refractivity contribution < 1.29 is 5.11 Å². The second kappa shape index (κ2) is 5.21. The predicted octanol–water partition coefficient (Wildman–Crippen LogP) is 3.61. The minimum atomic E-state index is 0.292. The van der Waals surface area contributed by atoms with Crippen molar-refractivity contribution in [2.45, 2.75) is 13.5 Å². The van der Waals surface area contributed by atoms with Gasteiger partial charge in [-0.1, -0.05) is 36.4 Å². The number of nitrogens with zero attached hydrogens (tertiary/aromatic N) is 2. The lowest BCUT2D eigenvalue weighted by molar-refractivity contribution is 0.474. The van der Waals surface area contributed by atoms with Crippen LogP contribution in [0.1, 0.15) is 11.1 Å². The minimum Gasteiger partial charge on any atom is -0.508 e. The number of phenols is 1. The highest BCUT2D eigenvalue weighted by atomic mass is 16.3. The molecule has 0 atom stereocenters. The fourth-order valence-corrected chi connectivity index (χ4v) is 2.36. The van der Waals surface area contributed by atoms with Crippen LogP contribution in [0.15, 0.2) is 60.9 Å². The number of aromatic hydroxyl groups is 1. The molecule has 3 rings (SSSR count). The van der Waals surface area contributed by atoms with Crippen molar-refractivity contribution in [1.29, 1.82) is 0 Å². The minimum absolute atomic E-state index is 0.292. The number of benzene rings is 2. The van der Waals surface area contributed by atoms with Gasteiger partial charge in [0, 0.05) is 24.5 Å². The first kappa shape index (κ1) is 12.5. The van der Waals surface area contributed by atoms with Crippen molar-refractivity contribution in [2.24, 2.45) is 0 Å². The molecule has 0 aliphatic heterocycles. The van der Waals surface area contributed by atoms with Crippen LogP contribution < -0.4 is 0 Å². The molecule has 2 aromatic carbocycles. The summed E-state index contributed by atoms with van der Waals surface area (Å²) in [6.45, 7) is 2.78. The SMILES string of the molecule is Cc1ccccc1-c1nccn1Cc1cccc(O)c1. The van der Waals surface area contributed by atoms with Gasteiger partial charge < -0.3 is 9.67 Å². The zero-order valence-corrected chi connectivity index (χ0v) is 11.3. The summed E-state index contributed by atoms with van der Waals surface area (Å²) in [6.07, 6.45) is 3.77. The summed E-state index contributed by atoms with van der Waals surface area (Å²) in [6, 6.07) is 15.5. The number of phenolic OH excluding ortho intramolecular Hbond substituents is 1. The predicted molar refractivity (Wildman–Crippen MR) is 79.6 cm³/mol. The largest absolute Gasteiger partial charge is 0.508 e. The van der Waals surface area contributed by atoms with Gasteiger partial charge in [0.1, 0.15) is 11.6 Å². The molecule has 3 heteroatoms. The van der Waals surface area contributed by atoms with E-state index in [1.165, 1.54) is 5.56 Å². The highest BCUT2D eigenvalue weighted by molar-refractivity contribution is 5.60. The fourth-order valence-electron chi connectivity index (χ4n) is 2.36. The van der Waals surface area contributed by atoms with Crippen LogP contribution in [-0.2, 0) is 6.54 Å². The van der Waals surface area contributed by atoms with E-state index in [4.69, 9.17) is 0 Å². The van der Waals surface area contributed by atoms with Gasteiger partial charge in [-0.05, 0) is 30.2 Å². The van der Waals surface area contributed by atoms with E-state index in [0.717, 1.165) is 17.0 Å². The summed E-state index contributed by atoms with van der Waals surface area (Å²) in [4.78, 5) is 4.47. The molecule has 0 radical (unpaired) electrons.